The Kier molecular flexibility index (Phi) is 8.35. The number of rotatable bonds is 11. The van der Waals surface area contributed by atoms with Crippen LogP contribution in [-0.4, -0.2) is 49.2 Å². The molecule has 1 amide bonds. The topological polar surface area (TPSA) is 134 Å². The highest BCUT2D eigenvalue weighted by Crippen LogP contribution is 2.27. The quantitative estimate of drug-likeness (QED) is 0.403. The van der Waals surface area contributed by atoms with Gasteiger partial charge in [-0.15, -0.1) is 10.2 Å². The molecule has 2 N–H and O–H groups in total. The zero-order valence-electron chi connectivity index (χ0n) is 20.0. The Balaban J connectivity index is 1.83. The fourth-order valence-electron chi connectivity index (χ4n) is 3.85. The van der Waals surface area contributed by atoms with Gasteiger partial charge in [-0.3, -0.25) is 4.79 Å². The Hall–Kier alpha value is -4.01. The van der Waals surface area contributed by atoms with Crippen molar-refractivity contribution >= 4 is 17.8 Å². The molecule has 3 rings (SSSR count). The molecule has 1 atom stereocenters. The smallest absolute Gasteiger partial charge is 0.336 e. The molecule has 184 valence electrons. The van der Waals surface area contributed by atoms with Gasteiger partial charge in [-0.1, -0.05) is 51.5 Å². The van der Waals surface area contributed by atoms with Gasteiger partial charge in [-0.25, -0.2) is 9.59 Å². The van der Waals surface area contributed by atoms with Gasteiger partial charge in [0, 0.05) is 18.5 Å². The Labute approximate surface area is 203 Å². The van der Waals surface area contributed by atoms with Gasteiger partial charge in [0.2, 0.25) is 17.7 Å². The molecular formula is C26H29N3O6. The van der Waals surface area contributed by atoms with E-state index in [1.54, 1.807) is 56.3 Å². The zero-order valence-corrected chi connectivity index (χ0v) is 20.0. The van der Waals surface area contributed by atoms with Crippen LogP contribution in [0.5, 0.6) is 0 Å². The average Bonchev–Trinajstić information content (AvgIpc) is 3.32. The summed E-state index contributed by atoms with van der Waals surface area (Å²) in [6.45, 7) is 5.73. The number of benzene rings is 2. The number of carboxylic acids is 2. The van der Waals surface area contributed by atoms with Crippen molar-refractivity contribution in [1.29, 1.82) is 0 Å². The van der Waals surface area contributed by atoms with E-state index in [-0.39, 0.29) is 35.7 Å². The first-order valence-corrected chi connectivity index (χ1v) is 11.5. The number of carbonyl (C=O) groups excluding carboxylic acids is 1. The summed E-state index contributed by atoms with van der Waals surface area (Å²) in [7, 11) is 0. The van der Waals surface area contributed by atoms with Crippen LogP contribution in [0.15, 0.2) is 52.9 Å². The molecular weight excluding hydrogens is 450 g/mol. The molecule has 9 heteroatoms. The first kappa shape index (κ1) is 25.6. The van der Waals surface area contributed by atoms with Gasteiger partial charge in [0.25, 0.3) is 0 Å². The van der Waals surface area contributed by atoms with Crippen molar-refractivity contribution in [3.63, 3.8) is 0 Å². The first-order valence-electron chi connectivity index (χ1n) is 11.5. The van der Waals surface area contributed by atoms with Gasteiger partial charge in [-0.05, 0) is 42.2 Å². The van der Waals surface area contributed by atoms with Crippen molar-refractivity contribution in [2.45, 2.75) is 52.6 Å². The summed E-state index contributed by atoms with van der Waals surface area (Å²) in [5, 5.41) is 27.2. The van der Waals surface area contributed by atoms with E-state index in [0.717, 1.165) is 12.0 Å². The van der Waals surface area contributed by atoms with Crippen molar-refractivity contribution < 1.29 is 29.0 Å². The van der Waals surface area contributed by atoms with Crippen molar-refractivity contribution in [1.82, 2.24) is 15.1 Å². The Morgan fingerprint density at radius 2 is 1.63 bits per heavy atom. The molecule has 0 aliphatic rings. The molecule has 0 radical (unpaired) electrons. The summed E-state index contributed by atoms with van der Waals surface area (Å²) in [5.74, 6) is -2.24. The van der Waals surface area contributed by atoms with E-state index < -0.39 is 18.0 Å². The van der Waals surface area contributed by atoms with Crippen LogP contribution < -0.4 is 0 Å². The fraction of sp³-hybridized carbons (Fsp3) is 0.346. The third-order valence-corrected chi connectivity index (χ3v) is 5.65. The monoisotopic (exact) mass is 479 g/mol. The molecule has 0 spiro atoms. The van der Waals surface area contributed by atoms with E-state index in [1.807, 2.05) is 6.92 Å². The third kappa shape index (κ3) is 6.11. The molecule has 35 heavy (non-hydrogen) atoms. The summed E-state index contributed by atoms with van der Waals surface area (Å²) in [5.41, 5.74) is 1.76. The molecule has 9 nitrogen and oxygen atoms in total. The van der Waals surface area contributed by atoms with Crippen molar-refractivity contribution in [3.8, 4) is 22.9 Å². The lowest BCUT2D eigenvalue weighted by Crippen LogP contribution is -2.47. The highest BCUT2D eigenvalue weighted by atomic mass is 16.4. The van der Waals surface area contributed by atoms with Crippen LogP contribution in [0.1, 0.15) is 56.0 Å². The Morgan fingerprint density at radius 1 is 0.971 bits per heavy atom. The van der Waals surface area contributed by atoms with E-state index in [4.69, 9.17) is 4.42 Å². The van der Waals surface area contributed by atoms with Gasteiger partial charge in [0.15, 0.2) is 0 Å². The van der Waals surface area contributed by atoms with Crippen molar-refractivity contribution in [2.24, 2.45) is 5.92 Å². The normalized spacial score (nSPS) is 11.9. The average molecular weight is 480 g/mol. The number of hydrogen-bond acceptors (Lipinski definition) is 6. The van der Waals surface area contributed by atoms with Crippen LogP contribution in [0.3, 0.4) is 0 Å². The molecule has 3 aromatic rings. The fourth-order valence-corrected chi connectivity index (χ4v) is 3.85. The summed E-state index contributed by atoms with van der Waals surface area (Å²) >= 11 is 0. The lowest BCUT2D eigenvalue weighted by molar-refractivity contribution is -0.153. The van der Waals surface area contributed by atoms with Crippen LogP contribution in [0.2, 0.25) is 0 Å². The Bertz CT molecular complexity index is 1190. The van der Waals surface area contributed by atoms with E-state index in [2.05, 4.69) is 10.2 Å². The summed E-state index contributed by atoms with van der Waals surface area (Å²) in [6.07, 6.45) is 1.84. The van der Waals surface area contributed by atoms with Gasteiger partial charge in [-0.2, -0.15) is 0 Å². The predicted molar refractivity (Wildman–Crippen MR) is 128 cm³/mol. The minimum absolute atomic E-state index is 0.0593. The maximum absolute atomic E-state index is 12.8. The molecule has 0 saturated carbocycles. The van der Waals surface area contributed by atoms with Crippen LogP contribution in [-0.2, 0) is 16.1 Å². The number of unbranched alkanes of at least 4 members (excludes halogenated alkanes) is 1. The first-order chi connectivity index (χ1) is 16.7. The largest absolute Gasteiger partial charge is 0.480 e. The second-order valence-electron chi connectivity index (χ2n) is 8.61. The van der Waals surface area contributed by atoms with Crippen molar-refractivity contribution in [3.05, 3.63) is 59.7 Å². The van der Waals surface area contributed by atoms with Gasteiger partial charge in [0.05, 0.1) is 11.1 Å². The van der Waals surface area contributed by atoms with Gasteiger partial charge in [0.1, 0.15) is 6.04 Å². The highest BCUT2D eigenvalue weighted by Gasteiger charge is 2.32. The van der Waals surface area contributed by atoms with Crippen LogP contribution in [0, 0.1) is 5.92 Å². The number of carboxylic acid groups (broad SMARTS) is 2. The summed E-state index contributed by atoms with van der Waals surface area (Å²) in [4.78, 5) is 37.7. The van der Waals surface area contributed by atoms with Crippen LogP contribution >= 0.6 is 0 Å². The van der Waals surface area contributed by atoms with E-state index >= 15 is 0 Å². The number of amides is 1. The molecule has 0 saturated heterocycles. The number of aromatic carboxylic acids is 1. The maximum Gasteiger partial charge on any atom is 0.336 e. The van der Waals surface area contributed by atoms with Gasteiger partial charge >= 0.3 is 11.9 Å². The molecule has 1 heterocycles. The minimum Gasteiger partial charge on any atom is -0.480 e. The molecule has 0 bridgehead atoms. The minimum atomic E-state index is -1.09. The highest BCUT2D eigenvalue weighted by molar-refractivity contribution is 5.94. The van der Waals surface area contributed by atoms with E-state index in [0.29, 0.717) is 24.0 Å². The summed E-state index contributed by atoms with van der Waals surface area (Å²) < 4.78 is 5.72. The number of aromatic nitrogens is 2. The SMILES string of the molecule is CCCCC(=O)N(Cc1ccc(-c2nnc(-c3ccccc3C(=O)O)o2)cc1)[C@H](C(=O)O)C(C)C. The zero-order chi connectivity index (χ0) is 25.5. The number of carbonyl (C=O) groups is 3. The second-order valence-corrected chi connectivity index (χ2v) is 8.61. The molecule has 0 fully saturated rings. The van der Waals surface area contributed by atoms with E-state index in [1.165, 1.54) is 11.0 Å². The predicted octanol–water partition coefficient (Wildman–Crippen LogP) is 4.73. The molecule has 2 aromatic carbocycles. The van der Waals surface area contributed by atoms with Gasteiger partial charge < -0.3 is 19.5 Å². The molecule has 1 aromatic heterocycles. The Morgan fingerprint density at radius 3 is 2.23 bits per heavy atom. The van der Waals surface area contributed by atoms with E-state index in [9.17, 15) is 24.6 Å². The number of hydrogen-bond donors (Lipinski definition) is 2. The molecule has 0 aliphatic carbocycles. The van der Waals surface area contributed by atoms with Crippen LogP contribution in [0.25, 0.3) is 22.9 Å². The maximum atomic E-state index is 12.8. The second kappa shape index (κ2) is 11.4. The number of aliphatic carboxylic acids is 1. The standard InChI is InChI=1S/C26H29N3O6/c1-4-5-10-21(30)29(22(16(2)3)26(33)34)15-17-11-13-18(14-12-17)23-27-28-24(35-23)19-8-6-7-9-20(19)25(31)32/h6-9,11-14,16,22H,4-5,10,15H2,1-3H3,(H,31,32)(H,33,34)/t22-/m0/s1. The molecule has 0 unspecified atom stereocenters. The lowest BCUT2D eigenvalue weighted by atomic mass is 10.0. The summed E-state index contributed by atoms with van der Waals surface area (Å²) in [6, 6.07) is 12.5. The lowest BCUT2D eigenvalue weighted by Gasteiger charge is -2.31. The van der Waals surface area contributed by atoms with Crippen LogP contribution in [0.4, 0.5) is 0 Å². The molecule has 0 aliphatic heterocycles. The number of nitrogens with zero attached hydrogens (tertiary/aromatic N) is 3. The third-order valence-electron chi connectivity index (χ3n) is 5.65. The van der Waals surface area contributed by atoms with Crippen molar-refractivity contribution in [2.75, 3.05) is 0 Å².